The summed E-state index contributed by atoms with van der Waals surface area (Å²) in [5.41, 5.74) is 6.41. The lowest BCUT2D eigenvalue weighted by atomic mass is 10.1. The summed E-state index contributed by atoms with van der Waals surface area (Å²) in [5, 5.41) is 9.71. The highest BCUT2D eigenvalue weighted by Crippen LogP contribution is 2.36. The van der Waals surface area contributed by atoms with Gasteiger partial charge in [0.25, 0.3) is 0 Å². The van der Waals surface area contributed by atoms with Crippen molar-refractivity contribution in [2.75, 3.05) is 12.3 Å². The van der Waals surface area contributed by atoms with Crippen molar-refractivity contribution in [3.8, 4) is 0 Å². The minimum absolute atomic E-state index is 0.145. The molecule has 3 rings (SSSR count). The number of nitrogens with zero attached hydrogens (tertiary/aromatic N) is 4. The minimum Gasteiger partial charge on any atom is -0.455 e. The minimum atomic E-state index is -1.13. The number of nitrogen functional groups attached to an aromatic ring is 1. The second-order valence-corrected chi connectivity index (χ2v) is 5.74. The maximum Gasteiger partial charge on any atom is 0.306 e. The first kappa shape index (κ1) is 16.4. The fourth-order valence-electron chi connectivity index (χ4n) is 2.82. The van der Waals surface area contributed by atoms with Crippen molar-refractivity contribution >= 4 is 28.9 Å². The summed E-state index contributed by atoms with van der Waals surface area (Å²) >= 11 is 0. The fraction of sp³-hybridized carbons (Fsp3) is 0.562. The molecule has 3 heterocycles. The Bertz CT molecular complexity index is 881. The van der Waals surface area contributed by atoms with E-state index < -0.39 is 43.1 Å². The molecule has 1 aliphatic rings. The largest absolute Gasteiger partial charge is 0.455 e. The first-order chi connectivity index (χ1) is 14.0. The fourth-order valence-corrected chi connectivity index (χ4v) is 2.82. The Morgan fingerprint density at radius 3 is 2.63 bits per heavy atom. The van der Waals surface area contributed by atoms with Crippen LogP contribution in [0, 0.1) is 0 Å². The first-order valence-corrected chi connectivity index (χ1v) is 8.16. The molecule has 0 aliphatic carbocycles. The molecule has 2 aromatic rings. The Morgan fingerprint density at radius 2 is 1.96 bits per heavy atom. The molecule has 146 valence electrons. The third-order valence-electron chi connectivity index (χ3n) is 4.07. The predicted molar refractivity (Wildman–Crippen MR) is 91.1 cm³/mol. The number of carbonyl (C=O) groups is 2. The van der Waals surface area contributed by atoms with E-state index in [0.29, 0.717) is 11.2 Å². The molecule has 4 atom stereocenters. The molecule has 2 aromatic heterocycles. The van der Waals surface area contributed by atoms with Crippen LogP contribution in [0.4, 0.5) is 5.82 Å². The lowest BCUT2D eigenvalue weighted by molar-refractivity contribution is -0.168. The molecule has 1 fully saturated rings. The maximum absolute atomic E-state index is 12.1. The van der Waals surface area contributed by atoms with Crippen LogP contribution in [0.5, 0.6) is 0 Å². The van der Waals surface area contributed by atoms with Gasteiger partial charge >= 0.3 is 11.9 Å². The molecule has 11 heteroatoms. The molecule has 0 saturated carbocycles. The van der Waals surface area contributed by atoms with Gasteiger partial charge in [0.1, 0.15) is 17.9 Å². The van der Waals surface area contributed by atoms with Crippen LogP contribution in [0.15, 0.2) is 12.7 Å². The Hall–Kier alpha value is -2.79. The molecule has 0 amide bonds. The number of aliphatic hydroxyl groups is 1. The van der Waals surface area contributed by atoms with Crippen LogP contribution in [0.3, 0.4) is 0 Å². The van der Waals surface area contributed by atoms with Crippen molar-refractivity contribution in [2.24, 2.45) is 0 Å². The predicted octanol–water partition coefficient (Wildman–Crippen LogP) is -0.0582. The van der Waals surface area contributed by atoms with Gasteiger partial charge in [-0.3, -0.25) is 14.2 Å². The van der Waals surface area contributed by atoms with Crippen LogP contribution in [0.1, 0.15) is 35.6 Å². The molecule has 27 heavy (non-hydrogen) atoms. The van der Waals surface area contributed by atoms with Gasteiger partial charge < -0.3 is 25.1 Å². The van der Waals surface area contributed by atoms with E-state index in [9.17, 15) is 14.7 Å². The normalized spacial score (nSPS) is 25.8. The number of hydrogen-bond donors (Lipinski definition) is 2. The average Bonchev–Trinajstić information content (AvgIpc) is 3.25. The number of esters is 2. The van der Waals surface area contributed by atoms with Gasteiger partial charge in [-0.25, -0.2) is 15.0 Å². The summed E-state index contributed by atoms with van der Waals surface area (Å²) in [6.45, 7) is -0.863. The number of ether oxygens (including phenoxy) is 3. The number of rotatable bonds is 6. The molecule has 0 radical (unpaired) electrons. The van der Waals surface area contributed by atoms with E-state index in [4.69, 9.17) is 22.7 Å². The first-order valence-electron chi connectivity index (χ1n) is 9.58. The topological polar surface area (TPSA) is 152 Å². The number of imidazole rings is 1. The lowest BCUT2D eigenvalue weighted by Gasteiger charge is -2.24. The molecule has 11 nitrogen and oxygen atoms in total. The third-order valence-corrected chi connectivity index (χ3v) is 4.07. The van der Waals surface area contributed by atoms with Gasteiger partial charge in [-0.05, 0) is 0 Å². The lowest BCUT2D eigenvalue weighted by Crippen LogP contribution is -2.40. The zero-order valence-electron chi connectivity index (χ0n) is 16.4. The van der Waals surface area contributed by atoms with E-state index >= 15 is 0 Å². The number of aliphatic hydroxyl groups excluding tert-OH is 1. The van der Waals surface area contributed by atoms with E-state index in [1.807, 2.05) is 0 Å². The van der Waals surface area contributed by atoms with Crippen molar-refractivity contribution < 1.29 is 31.6 Å². The number of nitrogens with two attached hydrogens (primary N) is 1. The van der Waals surface area contributed by atoms with Crippen LogP contribution < -0.4 is 5.73 Å². The molecule has 0 bridgehead atoms. The van der Waals surface area contributed by atoms with E-state index in [2.05, 4.69) is 15.0 Å². The van der Waals surface area contributed by atoms with E-state index in [1.165, 1.54) is 17.2 Å². The van der Waals surface area contributed by atoms with E-state index in [1.54, 1.807) is 0 Å². The number of carbonyl (C=O) groups excluding carboxylic acids is 2. The van der Waals surface area contributed by atoms with Crippen LogP contribution in [0.25, 0.3) is 11.2 Å². The van der Waals surface area contributed by atoms with Crippen LogP contribution in [-0.4, -0.2) is 61.5 Å². The Kier molecular flexibility index (Phi) is 4.76. The van der Waals surface area contributed by atoms with Crippen molar-refractivity contribution in [3.63, 3.8) is 0 Å². The highest BCUT2D eigenvalue weighted by atomic mass is 16.6. The highest BCUT2D eigenvalue weighted by Gasteiger charge is 2.50. The molecule has 0 spiro atoms. The highest BCUT2D eigenvalue weighted by molar-refractivity contribution is 5.81. The number of fused-ring (bicyclic) bond motifs is 1. The van der Waals surface area contributed by atoms with Gasteiger partial charge in [0.2, 0.25) is 0 Å². The van der Waals surface area contributed by atoms with Crippen molar-refractivity contribution in [2.45, 2.75) is 51.2 Å². The van der Waals surface area contributed by atoms with Gasteiger partial charge in [-0.2, -0.15) is 0 Å². The molecule has 0 aromatic carbocycles. The average molecular weight is 381 g/mol. The van der Waals surface area contributed by atoms with Crippen molar-refractivity contribution in [1.82, 2.24) is 19.5 Å². The molecular formula is C16H21N5O6. The van der Waals surface area contributed by atoms with Crippen LogP contribution in [0.2, 0.25) is 0 Å². The second-order valence-electron chi connectivity index (χ2n) is 5.74. The Morgan fingerprint density at radius 1 is 1.26 bits per heavy atom. The van der Waals surface area contributed by atoms with Gasteiger partial charge in [0.05, 0.1) is 12.9 Å². The van der Waals surface area contributed by atoms with Crippen molar-refractivity contribution in [3.05, 3.63) is 12.7 Å². The standard InChI is InChI=1S/C16H21N5O6/c1-3-9(23)26-12-8(5-22)25-16(13(12)27-10(24)4-2)21-7-20-11-14(17)18-6-19-15(11)21/h6-8,12-13,16,22H,3-5H2,1-2H3,(H2,17,18,19)/t8-,12-,13+,16?/m1/s1/i1D,2D. The quantitative estimate of drug-likeness (QED) is 0.651. The molecule has 1 saturated heterocycles. The summed E-state index contributed by atoms with van der Waals surface area (Å²) in [6, 6.07) is 0. The Balaban J connectivity index is 1.97. The molecule has 1 aliphatic heterocycles. The molecular weight excluding hydrogens is 358 g/mol. The molecule has 1 unspecified atom stereocenters. The Labute approximate surface area is 157 Å². The summed E-state index contributed by atoms with van der Waals surface area (Å²) < 4.78 is 32.4. The molecule has 3 N–H and O–H groups in total. The summed E-state index contributed by atoms with van der Waals surface area (Å²) in [6.07, 6.45) is -1.97. The van der Waals surface area contributed by atoms with Gasteiger partial charge in [-0.15, -0.1) is 0 Å². The van der Waals surface area contributed by atoms with Crippen LogP contribution in [-0.2, 0) is 23.8 Å². The van der Waals surface area contributed by atoms with Gasteiger partial charge in [0.15, 0.2) is 29.9 Å². The van der Waals surface area contributed by atoms with Gasteiger partial charge in [0, 0.05) is 15.6 Å². The van der Waals surface area contributed by atoms with Gasteiger partial charge in [-0.1, -0.05) is 13.8 Å². The zero-order chi connectivity index (χ0) is 21.0. The third kappa shape index (κ3) is 3.55. The van der Waals surface area contributed by atoms with E-state index in [0.717, 1.165) is 0 Å². The second kappa shape index (κ2) is 7.84. The monoisotopic (exact) mass is 381 g/mol. The number of hydrogen-bond acceptors (Lipinski definition) is 10. The zero-order valence-corrected chi connectivity index (χ0v) is 14.4. The summed E-state index contributed by atoms with van der Waals surface area (Å²) in [7, 11) is 0. The van der Waals surface area contributed by atoms with Crippen LogP contribution >= 0.6 is 0 Å². The van der Waals surface area contributed by atoms with Crippen molar-refractivity contribution in [1.29, 1.82) is 0 Å². The summed E-state index contributed by atoms with van der Waals surface area (Å²) in [4.78, 5) is 36.2. The van der Waals surface area contributed by atoms with E-state index in [-0.39, 0.29) is 32.5 Å². The smallest absolute Gasteiger partial charge is 0.306 e. The summed E-state index contributed by atoms with van der Waals surface area (Å²) in [5.74, 6) is -1.22. The number of anilines is 1. The SMILES string of the molecule is [2H]CCC(=O)O[C@H]1[C@H](OC(=O)CC[2H])C(n2cnc3c(N)ncnc32)O[C@@H]1CO. The number of aromatic nitrogens is 4. The maximum atomic E-state index is 12.1.